The number of allylic oxidation sites excluding steroid dienone is 3. The van der Waals surface area contributed by atoms with E-state index in [-0.39, 0.29) is 6.42 Å². The molecule has 0 aromatic carbocycles. The van der Waals surface area contributed by atoms with Crippen molar-refractivity contribution >= 4 is 19.8 Å². The zero-order chi connectivity index (χ0) is 49.5. The van der Waals surface area contributed by atoms with Crippen LogP contribution in [-0.2, 0) is 42.1 Å². The van der Waals surface area contributed by atoms with Crippen LogP contribution in [0, 0.1) is 0 Å². The van der Waals surface area contributed by atoms with Crippen molar-refractivity contribution in [2.24, 2.45) is 0 Å². The number of aliphatic hydroxyl groups excluding tert-OH is 8. The molecule has 392 valence electrons. The summed E-state index contributed by atoms with van der Waals surface area (Å²) in [6.07, 6.45) is 10.5. The van der Waals surface area contributed by atoms with Crippen LogP contribution in [0.3, 0.4) is 0 Å². The van der Waals surface area contributed by atoms with Crippen LogP contribution in [-0.4, -0.2) is 151 Å². The van der Waals surface area contributed by atoms with Crippen molar-refractivity contribution in [1.29, 1.82) is 0 Å². The van der Waals surface area contributed by atoms with Gasteiger partial charge in [0.15, 0.2) is 12.4 Å². The summed E-state index contributed by atoms with van der Waals surface area (Å²) in [5, 5.41) is 82.8. The van der Waals surface area contributed by atoms with Crippen molar-refractivity contribution in [2.75, 3.05) is 19.8 Å². The molecular weight excluding hydrogens is 895 g/mol. The molecule has 19 heteroatoms. The monoisotopic (exact) mass is 983 g/mol. The van der Waals surface area contributed by atoms with Gasteiger partial charge < -0.3 is 64.7 Å². The molecule has 0 bridgehead atoms. The molecular formula is C48H87O18P. The quantitative estimate of drug-likeness (QED) is 0.0122. The predicted molar refractivity (Wildman–Crippen MR) is 249 cm³/mol. The Kier molecular flexibility index (Phi) is 33.0. The summed E-state index contributed by atoms with van der Waals surface area (Å²) in [4.78, 5) is 36.4. The van der Waals surface area contributed by atoms with E-state index in [4.69, 9.17) is 28.0 Å². The molecule has 1 saturated heterocycles. The number of hydrogen-bond donors (Lipinski definition) is 9. The maximum absolute atomic E-state index is 13.4. The molecule has 67 heavy (non-hydrogen) atoms. The fourth-order valence-corrected chi connectivity index (χ4v) is 9.06. The van der Waals surface area contributed by atoms with Crippen molar-refractivity contribution in [3.05, 3.63) is 24.3 Å². The van der Waals surface area contributed by atoms with Crippen LogP contribution in [0.4, 0.5) is 0 Å². The molecule has 1 heterocycles. The minimum absolute atomic E-state index is 0.0162. The first kappa shape index (κ1) is 61.3. The molecule has 2 rings (SSSR count). The fraction of sp³-hybridized carbons (Fsp3) is 0.875. The van der Waals surface area contributed by atoms with Gasteiger partial charge in [0.05, 0.1) is 13.2 Å². The maximum Gasteiger partial charge on any atom is 0.472 e. The molecule has 13 atom stereocenters. The number of aliphatic hydroxyl groups is 8. The van der Waals surface area contributed by atoms with Crippen LogP contribution in [0.2, 0.25) is 0 Å². The van der Waals surface area contributed by atoms with Crippen molar-refractivity contribution in [1.82, 2.24) is 0 Å². The van der Waals surface area contributed by atoms with Gasteiger partial charge in [0, 0.05) is 12.5 Å². The summed E-state index contributed by atoms with van der Waals surface area (Å²) in [5.41, 5.74) is 0. The fourth-order valence-electron chi connectivity index (χ4n) is 8.09. The third kappa shape index (κ3) is 25.2. The molecule has 2 aliphatic rings. The van der Waals surface area contributed by atoms with Gasteiger partial charge in [-0.05, 0) is 19.3 Å². The minimum Gasteiger partial charge on any atom is -0.458 e. The SMILES string of the molecule is CCCCCCCCCCCCC/C=C/C=C/C(=O)OCC(COP(=O)(O)OC1C(O)C(O)C(O)C(O)C1OC1OC(CO)C(O)C(O)C1O)OC(=O)CCCCCCCCCCCCCC. The smallest absolute Gasteiger partial charge is 0.458 e. The summed E-state index contributed by atoms with van der Waals surface area (Å²) >= 11 is 0. The highest BCUT2D eigenvalue weighted by atomic mass is 31.2. The van der Waals surface area contributed by atoms with E-state index in [0.717, 1.165) is 44.9 Å². The Morgan fingerprint density at radius 1 is 0.597 bits per heavy atom. The molecule has 1 saturated carbocycles. The molecule has 2 fully saturated rings. The molecule has 18 nitrogen and oxygen atoms in total. The lowest BCUT2D eigenvalue weighted by Crippen LogP contribution is -2.67. The zero-order valence-corrected chi connectivity index (χ0v) is 41.1. The Bertz CT molecular complexity index is 1400. The first-order valence-electron chi connectivity index (χ1n) is 25.2. The maximum atomic E-state index is 13.4. The largest absolute Gasteiger partial charge is 0.472 e. The number of unbranched alkanes of at least 4 members (excludes halogenated alkanes) is 22. The second-order valence-electron chi connectivity index (χ2n) is 18.1. The van der Waals surface area contributed by atoms with Crippen LogP contribution in [0.25, 0.3) is 0 Å². The second-order valence-corrected chi connectivity index (χ2v) is 19.5. The topological polar surface area (TPSA) is 289 Å². The highest BCUT2D eigenvalue weighted by molar-refractivity contribution is 7.47. The van der Waals surface area contributed by atoms with E-state index in [2.05, 4.69) is 13.8 Å². The Hall–Kier alpha value is -1.87. The molecule has 0 aromatic heterocycles. The predicted octanol–water partition coefficient (Wildman–Crippen LogP) is 5.49. The van der Waals surface area contributed by atoms with Crippen molar-refractivity contribution in [3.63, 3.8) is 0 Å². The number of esters is 2. The van der Waals surface area contributed by atoms with E-state index in [1.165, 1.54) is 115 Å². The number of ether oxygens (including phenoxy) is 4. The highest BCUT2D eigenvalue weighted by Gasteiger charge is 2.55. The number of hydrogen-bond acceptors (Lipinski definition) is 17. The van der Waals surface area contributed by atoms with Crippen LogP contribution in [0.1, 0.15) is 174 Å². The zero-order valence-electron chi connectivity index (χ0n) is 40.2. The molecule has 1 aliphatic heterocycles. The Morgan fingerprint density at radius 2 is 1.07 bits per heavy atom. The summed E-state index contributed by atoms with van der Waals surface area (Å²) in [6, 6.07) is 0. The second kappa shape index (κ2) is 36.1. The number of phosphoric ester groups is 1. The highest BCUT2D eigenvalue weighted by Crippen LogP contribution is 2.48. The standard InChI is InChI=1S/C48H87O18P/c1-3-5-7-9-11-13-15-17-18-19-21-22-24-26-28-30-37(50)61-33-35(63-38(51)31-29-27-25-23-20-16-14-12-10-8-6-4-2)34-62-67(59,60)66-47-44(57)42(55)41(54)43(56)46(47)65-48-45(58)40(53)39(52)36(32-49)64-48/h24,26,28,30,35-36,39-49,52-58H,3-23,25,27,29,31-34H2,1-2H3,(H,59,60)/b26-24+,30-28+. The lowest BCUT2D eigenvalue weighted by molar-refractivity contribution is -0.338. The average Bonchev–Trinajstić information content (AvgIpc) is 3.31. The van der Waals surface area contributed by atoms with Crippen LogP contribution in [0.5, 0.6) is 0 Å². The van der Waals surface area contributed by atoms with Crippen molar-refractivity contribution in [2.45, 2.75) is 248 Å². The molecule has 0 aromatic rings. The summed E-state index contributed by atoms with van der Waals surface area (Å²) in [5.74, 6) is -1.47. The van der Waals surface area contributed by atoms with Gasteiger partial charge in [-0.2, -0.15) is 0 Å². The van der Waals surface area contributed by atoms with Crippen LogP contribution in [0.15, 0.2) is 24.3 Å². The average molecular weight is 983 g/mol. The molecule has 0 radical (unpaired) electrons. The number of carbonyl (C=O) groups excluding carboxylic acids is 2. The first-order valence-corrected chi connectivity index (χ1v) is 26.7. The molecule has 9 N–H and O–H groups in total. The van der Waals surface area contributed by atoms with Crippen LogP contribution < -0.4 is 0 Å². The van der Waals surface area contributed by atoms with Gasteiger partial charge in [0.1, 0.15) is 67.6 Å². The number of rotatable bonds is 38. The van der Waals surface area contributed by atoms with Gasteiger partial charge in [-0.25, -0.2) is 9.36 Å². The Morgan fingerprint density at radius 3 is 1.60 bits per heavy atom. The van der Waals surface area contributed by atoms with E-state index in [9.17, 15) is 59.9 Å². The van der Waals surface area contributed by atoms with Crippen LogP contribution >= 0.6 is 7.82 Å². The molecule has 0 spiro atoms. The third-order valence-electron chi connectivity index (χ3n) is 12.3. The summed E-state index contributed by atoms with van der Waals surface area (Å²) in [7, 11) is -5.39. The van der Waals surface area contributed by atoms with Gasteiger partial charge in [-0.1, -0.05) is 167 Å². The van der Waals surface area contributed by atoms with E-state index in [1.807, 2.05) is 6.08 Å². The normalized spacial score (nSPS) is 28.2. The number of carbonyl (C=O) groups is 2. The van der Waals surface area contributed by atoms with E-state index >= 15 is 0 Å². The molecule has 0 amide bonds. The van der Waals surface area contributed by atoms with E-state index in [0.29, 0.717) is 6.42 Å². The Labute approximate surface area is 398 Å². The number of phosphoric acid groups is 1. The molecule has 1 aliphatic carbocycles. The molecule has 13 unspecified atom stereocenters. The first-order chi connectivity index (χ1) is 32.2. The third-order valence-corrected chi connectivity index (χ3v) is 13.2. The van der Waals surface area contributed by atoms with Crippen molar-refractivity contribution in [3.8, 4) is 0 Å². The summed E-state index contributed by atoms with van der Waals surface area (Å²) in [6.45, 7) is 2.11. The lowest BCUT2D eigenvalue weighted by Gasteiger charge is -2.47. The van der Waals surface area contributed by atoms with E-state index < -0.39 is 113 Å². The van der Waals surface area contributed by atoms with Gasteiger partial charge in [0.25, 0.3) is 0 Å². The summed E-state index contributed by atoms with van der Waals surface area (Å²) < 4.78 is 45.2. The van der Waals surface area contributed by atoms with Gasteiger partial charge in [-0.15, -0.1) is 0 Å². The minimum atomic E-state index is -5.39. The van der Waals surface area contributed by atoms with E-state index in [1.54, 1.807) is 6.08 Å². The van der Waals surface area contributed by atoms with Crippen molar-refractivity contribution < 1.29 is 87.9 Å². The lowest BCUT2D eigenvalue weighted by atomic mass is 9.84. The van der Waals surface area contributed by atoms with Gasteiger partial charge in [0.2, 0.25) is 0 Å². The van der Waals surface area contributed by atoms with Gasteiger partial charge >= 0.3 is 19.8 Å². The Balaban J connectivity index is 1.98. The van der Waals surface area contributed by atoms with Gasteiger partial charge in [-0.3, -0.25) is 13.8 Å².